The molecule has 16 heavy (non-hydrogen) atoms. The van der Waals surface area contributed by atoms with Crippen molar-refractivity contribution in [2.45, 2.75) is 6.54 Å². The Morgan fingerprint density at radius 2 is 2.19 bits per heavy atom. The molecule has 1 aromatic carbocycles. The number of hydrogen-bond donors (Lipinski definition) is 1. The van der Waals surface area contributed by atoms with E-state index in [4.69, 9.17) is 0 Å². The first-order valence-electron chi connectivity index (χ1n) is 4.75. The van der Waals surface area contributed by atoms with Gasteiger partial charge in [0.05, 0.1) is 7.11 Å². The summed E-state index contributed by atoms with van der Waals surface area (Å²) in [6.07, 6.45) is 0. The lowest BCUT2D eigenvalue weighted by atomic mass is 10.1. The van der Waals surface area contributed by atoms with Crippen LogP contribution in [0.25, 0.3) is 10.9 Å². The van der Waals surface area contributed by atoms with Gasteiger partial charge >= 0.3 is 5.97 Å². The summed E-state index contributed by atoms with van der Waals surface area (Å²) in [7, 11) is 1.30. The number of aromatic nitrogens is 1. The van der Waals surface area contributed by atoms with Gasteiger partial charge in [-0.05, 0) is 6.07 Å². The van der Waals surface area contributed by atoms with Gasteiger partial charge in [-0.1, -0.05) is 23.4 Å². The van der Waals surface area contributed by atoms with Crippen molar-refractivity contribution in [2.75, 3.05) is 7.11 Å². The molecule has 5 heteroatoms. The minimum Gasteiger partial charge on any atom is -0.464 e. The number of rotatable bonds is 3. The van der Waals surface area contributed by atoms with E-state index >= 15 is 0 Å². The fourth-order valence-electron chi connectivity index (χ4n) is 1.71. The third-order valence-electron chi connectivity index (χ3n) is 2.43. The third-order valence-corrected chi connectivity index (χ3v) is 2.43. The number of benzene rings is 1. The van der Waals surface area contributed by atoms with Crippen LogP contribution in [0.2, 0.25) is 0 Å². The van der Waals surface area contributed by atoms with Gasteiger partial charge in [0.25, 0.3) is 0 Å². The highest BCUT2D eigenvalue weighted by Gasteiger charge is 2.17. The summed E-state index contributed by atoms with van der Waals surface area (Å²) in [5, 5.41) is 3.65. The Kier molecular flexibility index (Phi) is 2.68. The molecule has 0 amide bonds. The minimum atomic E-state index is -0.491. The highest BCUT2D eigenvalue weighted by atomic mass is 16.5. The summed E-state index contributed by atoms with van der Waals surface area (Å²) in [6, 6.07) is 7.35. The second-order valence-corrected chi connectivity index (χ2v) is 3.30. The molecule has 1 aromatic heterocycles. The zero-order valence-electron chi connectivity index (χ0n) is 8.69. The molecule has 0 aliphatic heterocycles. The number of hydrogen-bond acceptors (Lipinski definition) is 4. The van der Waals surface area contributed by atoms with E-state index in [1.54, 1.807) is 0 Å². The normalized spacial score (nSPS) is 10.3. The summed E-state index contributed by atoms with van der Waals surface area (Å²) in [5.74, 6) is -0.491. The third kappa shape index (κ3) is 1.56. The van der Waals surface area contributed by atoms with Crippen LogP contribution in [0.5, 0.6) is 0 Å². The van der Waals surface area contributed by atoms with Crippen molar-refractivity contribution < 1.29 is 9.53 Å². The van der Waals surface area contributed by atoms with Gasteiger partial charge in [-0.25, -0.2) is 4.79 Å². The molecule has 0 saturated heterocycles. The maximum Gasteiger partial charge on any atom is 0.354 e. The number of H-pyrrole nitrogens is 1. The molecule has 0 bridgehead atoms. The highest BCUT2D eigenvalue weighted by Crippen LogP contribution is 2.23. The van der Waals surface area contributed by atoms with Crippen molar-refractivity contribution in [1.29, 1.82) is 0 Å². The molecule has 0 atom stereocenters. The average molecular weight is 218 g/mol. The molecule has 0 radical (unpaired) electrons. The molecule has 0 unspecified atom stereocenters. The molecular formula is C11H10N2O3. The largest absolute Gasteiger partial charge is 0.464 e. The van der Waals surface area contributed by atoms with E-state index in [1.165, 1.54) is 7.11 Å². The Bertz CT molecular complexity index is 545. The zero-order valence-corrected chi connectivity index (χ0v) is 8.69. The predicted octanol–water partition coefficient (Wildman–Crippen LogP) is 2.22. The zero-order chi connectivity index (χ0) is 11.5. The number of nitroso groups, excluding NO2 is 1. The average Bonchev–Trinajstić information content (AvgIpc) is 2.68. The summed E-state index contributed by atoms with van der Waals surface area (Å²) in [6.45, 7) is -0.0472. The molecular weight excluding hydrogens is 208 g/mol. The molecule has 2 aromatic rings. The van der Waals surface area contributed by atoms with Crippen molar-refractivity contribution in [3.05, 3.63) is 40.4 Å². The van der Waals surface area contributed by atoms with Gasteiger partial charge in [0, 0.05) is 16.5 Å². The van der Waals surface area contributed by atoms with Gasteiger partial charge in [-0.3, -0.25) is 0 Å². The van der Waals surface area contributed by atoms with Crippen molar-refractivity contribution in [3.63, 3.8) is 0 Å². The Hall–Kier alpha value is -2.17. The monoisotopic (exact) mass is 218 g/mol. The van der Waals surface area contributed by atoms with Gasteiger partial charge in [0.1, 0.15) is 12.2 Å². The van der Waals surface area contributed by atoms with Crippen LogP contribution >= 0.6 is 0 Å². The number of ether oxygens (including phenoxy) is 1. The van der Waals surface area contributed by atoms with E-state index < -0.39 is 5.97 Å². The van der Waals surface area contributed by atoms with E-state index in [0.717, 1.165) is 10.9 Å². The smallest absolute Gasteiger partial charge is 0.354 e. The van der Waals surface area contributed by atoms with Gasteiger partial charge in [-0.2, -0.15) is 4.91 Å². The summed E-state index contributed by atoms with van der Waals surface area (Å²) in [4.78, 5) is 24.8. The van der Waals surface area contributed by atoms with E-state index in [-0.39, 0.29) is 6.54 Å². The standard InChI is InChI=1S/C11H10N2O3/c1-16-11(14)10-8(6-12-15)7-4-2-3-5-9(7)13-10/h2-5,13H,6H2,1H3. The van der Waals surface area contributed by atoms with Gasteiger partial charge < -0.3 is 9.72 Å². The molecule has 0 spiro atoms. The van der Waals surface area contributed by atoms with Crippen LogP contribution < -0.4 is 0 Å². The van der Waals surface area contributed by atoms with Crippen LogP contribution in [-0.2, 0) is 11.3 Å². The van der Waals surface area contributed by atoms with Crippen LogP contribution in [-0.4, -0.2) is 18.1 Å². The molecule has 5 nitrogen and oxygen atoms in total. The Balaban J connectivity index is 2.67. The maximum absolute atomic E-state index is 11.5. The molecule has 0 saturated carbocycles. The van der Waals surface area contributed by atoms with E-state index in [2.05, 4.69) is 14.9 Å². The van der Waals surface area contributed by atoms with Gasteiger partial charge in [0.2, 0.25) is 0 Å². The van der Waals surface area contributed by atoms with Crippen LogP contribution in [0.3, 0.4) is 0 Å². The van der Waals surface area contributed by atoms with Crippen molar-refractivity contribution in [1.82, 2.24) is 4.98 Å². The Morgan fingerprint density at radius 3 is 2.88 bits per heavy atom. The molecule has 1 N–H and O–H groups in total. The molecule has 2 rings (SSSR count). The number of nitrogens with one attached hydrogen (secondary N) is 1. The maximum atomic E-state index is 11.5. The van der Waals surface area contributed by atoms with Crippen LogP contribution in [0.4, 0.5) is 0 Å². The second kappa shape index (κ2) is 4.14. The first kappa shape index (κ1) is 10.4. The fourth-order valence-corrected chi connectivity index (χ4v) is 1.71. The topological polar surface area (TPSA) is 71.5 Å². The van der Waals surface area contributed by atoms with Crippen LogP contribution in [0, 0.1) is 4.91 Å². The number of aromatic amines is 1. The van der Waals surface area contributed by atoms with Crippen LogP contribution in [0.15, 0.2) is 29.4 Å². The summed E-state index contributed by atoms with van der Waals surface area (Å²) >= 11 is 0. The molecule has 0 fully saturated rings. The predicted molar refractivity (Wildman–Crippen MR) is 59.1 cm³/mol. The first-order valence-corrected chi connectivity index (χ1v) is 4.75. The molecule has 0 aliphatic rings. The second-order valence-electron chi connectivity index (χ2n) is 3.30. The van der Waals surface area contributed by atoms with E-state index in [0.29, 0.717) is 11.3 Å². The molecule has 1 heterocycles. The lowest BCUT2D eigenvalue weighted by molar-refractivity contribution is 0.0594. The van der Waals surface area contributed by atoms with Crippen molar-refractivity contribution in [3.8, 4) is 0 Å². The Morgan fingerprint density at radius 1 is 1.44 bits per heavy atom. The Labute approximate surface area is 91.4 Å². The number of carbonyl (C=O) groups is 1. The molecule has 0 aliphatic carbocycles. The number of nitrogens with zero attached hydrogens (tertiary/aromatic N) is 1. The van der Waals surface area contributed by atoms with Crippen LogP contribution in [0.1, 0.15) is 16.1 Å². The molecule has 82 valence electrons. The van der Waals surface area contributed by atoms with Gasteiger partial charge in [-0.15, -0.1) is 0 Å². The first-order chi connectivity index (χ1) is 7.77. The lowest BCUT2D eigenvalue weighted by Gasteiger charge is -1.97. The van der Waals surface area contributed by atoms with E-state index in [1.807, 2.05) is 24.3 Å². The van der Waals surface area contributed by atoms with Crippen molar-refractivity contribution >= 4 is 16.9 Å². The van der Waals surface area contributed by atoms with Gasteiger partial charge in [0.15, 0.2) is 0 Å². The van der Waals surface area contributed by atoms with E-state index in [9.17, 15) is 9.70 Å². The summed E-state index contributed by atoms with van der Waals surface area (Å²) < 4.78 is 4.64. The number of methoxy groups -OCH3 is 1. The number of para-hydroxylation sites is 1. The lowest BCUT2D eigenvalue weighted by Crippen LogP contribution is -2.04. The quantitative estimate of drug-likeness (QED) is 0.634. The number of esters is 1. The van der Waals surface area contributed by atoms with Crippen molar-refractivity contribution in [2.24, 2.45) is 5.18 Å². The SMILES string of the molecule is COC(=O)c1[nH]c2ccccc2c1CN=O. The summed E-state index contributed by atoms with van der Waals surface area (Å²) in [5.41, 5.74) is 1.67. The fraction of sp³-hybridized carbons (Fsp3) is 0.182. The number of carbonyl (C=O) groups excluding carboxylic acids is 1. The number of fused-ring (bicyclic) bond motifs is 1. The highest BCUT2D eigenvalue weighted by molar-refractivity contribution is 5.98. The minimum absolute atomic E-state index is 0.0472.